The van der Waals surface area contributed by atoms with Gasteiger partial charge >= 0.3 is 113 Å². The molecule has 3 heterocycles. The van der Waals surface area contributed by atoms with Crippen molar-refractivity contribution in [2.75, 3.05) is 6.61 Å². The molecule has 4 N–H and O–H groups in total. The van der Waals surface area contributed by atoms with Crippen molar-refractivity contribution in [3.63, 3.8) is 0 Å². The summed E-state index contributed by atoms with van der Waals surface area (Å²) in [5.74, 6) is 0. The van der Waals surface area contributed by atoms with Crippen molar-refractivity contribution >= 4 is 26.1 Å². The predicted molar refractivity (Wildman–Crippen MR) is 65.8 cm³/mol. The molecule has 1 saturated heterocycles. The summed E-state index contributed by atoms with van der Waals surface area (Å²) in [7, 11) is 0. The Balaban J connectivity index is 2.06. The SMILES string of the molecule is O=c1[nH]cnc2c1ncn2[C@@H]1[Se][C@H](CO)C(O)C1O. The van der Waals surface area contributed by atoms with Crippen LogP contribution >= 0.6 is 0 Å². The van der Waals surface area contributed by atoms with E-state index >= 15 is 0 Å². The number of nitrogens with one attached hydrogen (secondary N) is 1. The Morgan fingerprint density at radius 1 is 1.37 bits per heavy atom. The van der Waals surface area contributed by atoms with E-state index in [4.69, 9.17) is 0 Å². The maximum absolute atomic E-state index is 11.6. The molecule has 0 amide bonds. The molecule has 0 radical (unpaired) electrons. The molecule has 2 aromatic heterocycles. The Labute approximate surface area is 113 Å². The Kier molecular flexibility index (Phi) is 3.15. The summed E-state index contributed by atoms with van der Waals surface area (Å²) < 4.78 is 1.61. The summed E-state index contributed by atoms with van der Waals surface area (Å²) in [4.78, 5) is 21.3. The van der Waals surface area contributed by atoms with Gasteiger partial charge in [-0.3, -0.25) is 0 Å². The average Bonchev–Trinajstić information content (AvgIpc) is 2.94. The number of hydrogen-bond acceptors (Lipinski definition) is 6. The summed E-state index contributed by atoms with van der Waals surface area (Å²) in [5.41, 5.74) is 0.232. The van der Waals surface area contributed by atoms with Crippen LogP contribution in [0.2, 0.25) is 4.82 Å². The minimum atomic E-state index is -0.990. The second-order valence-corrected chi connectivity index (χ2v) is 7.14. The van der Waals surface area contributed by atoms with Crippen LogP contribution in [-0.2, 0) is 0 Å². The second kappa shape index (κ2) is 4.69. The van der Waals surface area contributed by atoms with Gasteiger partial charge in [0.25, 0.3) is 0 Å². The van der Waals surface area contributed by atoms with Gasteiger partial charge in [0.05, 0.1) is 0 Å². The third-order valence-electron chi connectivity index (χ3n) is 3.16. The standard InChI is InChI=1S/C10H12N4O4Se/c15-1-4-6(16)7(17)10(19-4)14-3-13-5-8(14)11-2-12-9(5)18/h2-4,6-7,10,15-17H,1H2,(H,11,12,18)/t4-,6?,7?,10-/m1/s1. The van der Waals surface area contributed by atoms with Crippen LogP contribution < -0.4 is 5.56 Å². The zero-order valence-corrected chi connectivity index (χ0v) is 11.4. The summed E-state index contributed by atoms with van der Waals surface area (Å²) in [5, 5.41) is 29.1. The molecule has 1 aliphatic heterocycles. The molecule has 1 aliphatic rings. The Morgan fingerprint density at radius 2 is 2.16 bits per heavy atom. The van der Waals surface area contributed by atoms with Crippen molar-refractivity contribution < 1.29 is 15.3 Å². The monoisotopic (exact) mass is 332 g/mol. The van der Waals surface area contributed by atoms with Crippen molar-refractivity contribution in [2.45, 2.75) is 22.0 Å². The van der Waals surface area contributed by atoms with E-state index in [1.807, 2.05) is 0 Å². The van der Waals surface area contributed by atoms with Crippen LogP contribution in [0.5, 0.6) is 0 Å². The zero-order valence-electron chi connectivity index (χ0n) is 9.67. The van der Waals surface area contributed by atoms with Crippen LogP contribution in [0.15, 0.2) is 17.4 Å². The van der Waals surface area contributed by atoms with Gasteiger partial charge < -0.3 is 0 Å². The number of aromatic nitrogens is 4. The molecule has 3 rings (SSSR count). The van der Waals surface area contributed by atoms with E-state index in [1.54, 1.807) is 4.57 Å². The maximum atomic E-state index is 11.6. The molecule has 0 spiro atoms. The summed E-state index contributed by atoms with van der Waals surface area (Å²) >= 11 is -0.217. The number of fused-ring (bicyclic) bond motifs is 1. The fraction of sp³-hybridized carbons (Fsp3) is 0.500. The van der Waals surface area contributed by atoms with E-state index in [-0.39, 0.29) is 42.4 Å². The molecule has 2 unspecified atom stereocenters. The number of imidazole rings is 1. The number of nitrogens with zero attached hydrogens (tertiary/aromatic N) is 3. The van der Waals surface area contributed by atoms with Crippen LogP contribution in [0.4, 0.5) is 0 Å². The number of aliphatic hydroxyl groups excluding tert-OH is 3. The van der Waals surface area contributed by atoms with Gasteiger partial charge in [-0.2, -0.15) is 0 Å². The van der Waals surface area contributed by atoms with Gasteiger partial charge in [0, 0.05) is 0 Å². The topological polar surface area (TPSA) is 124 Å². The van der Waals surface area contributed by atoms with Crippen molar-refractivity contribution in [3.05, 3.63) is 23.0 Å². The van der Waals surface area contributed by atoms with Gasteiger partial charge in [-0.1, -0.05) is 0 Å². The molecule has 0 aliphatic carbocycles. The molecule has 4 atom stereocenters. The molecule has 1 fully saturated rings. The minimum absolute atomic E-state index is 0.171. The number of rotatable bonds is 2. The molecular formula is C10H12N4O4Se. The van der Waals surface area contributed by atoms with E-state index in [9.17, 15) is 20.1 Å². The van der Waals surface area contributed by atoms with E-state index in [0.717, 1.165) is 0 Å². The molecule has 0 aromatic carbocycles. The first-order chi connectivity index (χ1) is 9.13. The first-order valence-electron chi connectivity index (χ1n) is 5.66. The molecule has 2 aromatic rings. The summed E-state index contributed by atoms with van der Waals surface area (Å²) in [6, 6.07) is 0. The van der Waals surface area contributed by atoms with Crippen LogP contribution in [0.25, 0.3) is 11.2 Å². The predicted octanol–water partition coefficient (Wildman–Crippen LogP) is -2.16. The second-order valence-electron chi connectivity index (χ2n) is 4.28. The van der Waals surface area contributed by atoms with Gasteiger partial charge in [-0.25, -0.2) is 0 Å². The molecule has 0 bridgehead atoms. The Hall–Kier alpha value is -1.25. The van der Waals surface area contributed by atoms with Gasteiger partial charge in [0.2, 0.25) is 0 Å². The molecule has 9 heteroatoms. The zero-order chi connectivity index (χ0) is 13.6. The van der Waals surface area contributed by atoms with Crippen LogP contribution in [0.3, 0.4) is 0 Å². The van der Waals surface area contributed by atoms with E-state index in [1.165, 1.54) is 12.7 Å². The van der Waals surface area contributed by atoms with Crippen molar-refractivity contribution in [1.29, 1.82) is 0 Å². The molecule has 19 heavy (non-hydrogen) atoms. The fourth-order valence-corrected chi connectivity index (χ4v) is 5.04. The molecule has 102 valence electrons. The van der Waals surface area contributed by atoms with Gasteiger partial charge in [-0.15, -0.1) is 0 Å². The normalized spacial score (nSPS) is 31.1. The number of hydrogen-bond donors (Lipinski definition) is 4. The van der Waals surface area contributed by atoms with E-state index in [0.29, 0.717) is 5.65 Å². The fourth-order valence-electron chi connectivity index (χ4n) is 2.16. The van der Waals surface area contributed by atoms with Gasteiger partial charge in [0.1, 0.15) is 0 Å². The summed E-state index contributed by atoms with van der Waals surface area (Å²) in [6.45, 7) is -0.171. The summed E-state index contributed by atoms with van der Waals surface area (Å²) in [6.07, 6.45) is 0.761. The molecular weight excluding hydrogens is 319 g/mol. The average molecular weight is 331 g/mol. The number of H-pyrrole nitrogens is 1. The third kappa shape index (κ3) is 1.90. The molecule has 8 nitrogen and oxygen atoms in total. The number of aromatic amines is 1. The molecule has 0 saturated carbocycles. The van der Waals surface area contributed by atoms with Crippen molar-refractivity contribution in [3.8, 4) is 0 Å². The van der Waals surface area contributed by atoms with Gasteiger partial charge in [0.15, 0.2) is 0 Å². The number of aliphatic hydroxyl groups is 3. The quantitative estimate of drug-likeness (QED) is 0.465. The first-order valence-corrected chi connectivity index (χ1v) is 7.64. The van der Waals surface area contributed by atoms with E-state index in [2.05, 4.69) is 15.0 Å². The van der Waals surface area contributed by atoms with E-state index < -0.39 is 12.2 Å². The first kappa shape index (κ1) is 12.8. The van der Waals surface area contributed by atoms with Gasteiger partial charge in [-0.05, 0) is 0 Å². The van der Waals surface area contributed by atoms with Crippen LogP contribution in [-0.4, -0.2) is 68.6 Å². The van der Waals surface area contributed by atoms with Crippen molar-refractivity contribution in [1.82, 2.24) is 19.5 Å². The third-order valence-corrected chi connectivity index (χ3v) is 6.43. The Bertz CT molecular complexity index is 656. The van der Waals surface area contributed by atoms with Crippen LogP contribution in [0, 0.1) is 0 Å². The van der Waals surface area contributed by atoms with Crippen molar-refractivity contribution in [2.24, 2.45) is 0 Å². The van der Waals surface area contributed by atoms with Crippen LogP contribution in [0.1, 0.15) is 4.94 Å². The Morgan fingerprint density at radius 3 is 2.84 bits per heavy atom.